The summed E-state index contributed by atoms with van der Waals surface area (Å²) in [5.41, 5.74) is 2.51. The van der Waals surface area contributed by atoms with Crippen molar-refractivity contribution in [2.45, 2.75) is 57.2 Å². The molecule has 4 heteroatoms. The Morgan fingerprint density at radius 2 is 1.72 bits per heavy atom. The van der Waals surface area contributed by atoms with Crippen molar-refractivity contribution in [1.29, 1.82) is 0 Å². The third kappa shape index (κ3) is 1.55. The highest BCUT2D eigenvalue weighted by atomic mass is 16.3. The van der Waals surface area contributed by atoms with Crippen molar-refractivity contribution >= 4 is 0 Å². The van der Waals surface area contributed by atoms with E-state index >= 15 is 0 Å². The van der Waals surface area contributed by atoms with Crippen LogP contribution in [0.5, 0.6) is 0 Å². The molecule has 18 heavy (non-hydrogen) atoms. The molecule has 2 unspecified atom stereocenters. The van der Waals surface area contributed by atoms with Crippen molar-refractivity contribution in [3.63, 3.8) is 0 Å². The minimum Gasteiger partial charge on any atom is -0.385 e. The number of aliphatic hydroxyl groups is 1. The fourth-order valence-electron chi connectivity index (χ4n) is 4.10. The van der Waals surface area contributed by atoms with Crippen LogP contribution in [0.2, 0.25) is 0 Å². The van der Waals surface area contributed by atoms with Crippen molar-refractivity contribution < 1.29 is 5.11 Å². The van der Waals surface area contributed by atoms with Gasteiger partial charge in [0.2, 0.25) is 0 Å². The Bertz CT molecular complexity index is 466. The SMILES string of the molecule is Cc1nn(C)c(C)c1C1(O)CC2CCC(C1)N2C. The first kappa shape index (κ1) is 12.2. The van der Waals surface area contributed by atoms with Crippen LogP contribution in [0.1, 0.15) is 42.6 Å². The first-order valence-electron chi connectivity index (χ1n) is 6.87. The summed E-state index contributed by atoms with van der Waals surface area (Å²) in [6.45, 7) is 4.08. The predicted molar refractivity (Wildman–Crippen MR) is 70.4 cm³/mol. The molecule has 2 fully saturated rings. The lowest BCUT2D eigenvalue weighted by Crippen LogP contribution is -2.48. The largest absolute Gasteiger partial charge is 0.385 e. The molecule has 2 aliphatic rings. The number of hydrogen-bond acceptors (Lipinski definition) is 3. The maximum atomic E-state index is 11.1. The average Bonchev–Trinajstić information content (AvgIpc) is 2.67. The van der Waals surface area contributed by atoms with Crippen LogP contribution in [-0.4, -0.2) is 38.9 Å². The monoisotopic (exact) mass is 249 g/mol. The van der Waals surface area contributed by atoms with Gasteiger partial charge in [0.25, 0.3) is 0 Å². The molecule has 2 bridgehead atoms. The molecule has 1 aromatic heterocycles. The van der Waals surface area contributed by atoms with Gasteiger partial charge in [0.15, 0.2) is 0 Å². The molecule has 0 saturated carbocycles. The van der Waals surface area contributed by atoms with Crippen molar-refractivity contribution in [1.82, 2.24) is 14.7 Å². The minimum absolute atomic E-state index is 0.535. The molecule has 1 aromatic rings. The zero-order valence-electron chi connectivity index (χ0n) is 11.8. The summed E-state index contributed by atoms with van der Waals surface area (Å²) >= 11 is 0. The molecule has 3 heterocycles. The van der Waals surface area contributed by atoms with Crippen LogP contribution in [0.15, 0.2) is 0 Å². The van der Waals surface area contributed by atoms with Crippen LogP contribution in [0.3, 0.4) is 0 Å². The lowest BCUT2D eigenvalue weighted by atomic mass is 9.79. The molecule has 0 spiro atoms. The molecule has 100 valence electrons. The van der Waals surface area contributed by atoms with Gasteiger partial charge in [-0.25, -0.2) is 0 Å². The molecule has 1 N–H and O–H groups in total. The number of rotatable bonds is 1. The number of hydrogen-bond donors (Lipinski definition) is 1. The van der Waals surface area contributed by atoms with E-state index in [0.29, 0.717) is 12.1 Å². The Labute approximate surface area is 109 Å². The lowest BCUT2D eigenvalue weighted by molar-refractivity contribution is -0.0501. The van der Waals surface area contributed by atoms with Gasteiger partial charge in [0, 0.05) is 30.4 Å². The number of fused-ring (bicyclic) bond motifs is 2. The van der Waals surface area contributed by atoms with E-state index in [1.807, 2.05) is 18.7 Å². The standard InChI is InChI=1S/C14H23N3O/c1-9-13(10(2)17(4)15-9)14(18)7-11-5-6-12(8-14)16(11)3/h11-12,18H,5-8H2,1-4H3. The summed E-state index contributed by atoms with van der Waals surface area (Å²) in [5, 5.41) is 15.6. The second-order valence-corrected chi connectivity index (χ2v) is 6.16. The molecule has 4 nitrogen and oxygen atoms in total. The Hall–Kier alpha value is -0.870. The van der Waals surface area contributed by atoms with Gasteiger partial charge in [-0.2, -0.15) is 5.10 Å². The van der Waals surface area contributed by atoms with Crippen molar-refractivity contribution in [3.8, 4) is 0 Å². The second-order valence-electron chi connectivity index (χ2n) is 6.16. The zero-order chi connectivity index (χ0) is 13.1. The summed E-state index contributed by atoms with van der Waals surface area (Å²) in [7, 11) is 4.16. The number of aryl methyl sites for hydroxylation is 2. The second kappa shape index (κ2) is 3.81. The van der Waals surface area contributed by atoms with Crippen LogP contribution in [0.4, 0.5) is 0 Å². The van der Waals surface area contributed by atoms with Gasteiger partial charge in [0.05, 0.1) is 11.3 Å². The van der Waals surface area contributed by atoms with Crippen LogP contribution in [-0.2, 0) is 12.6 Å². The van der Waals surface area contributed by atoms with Crippen LogP contribution >= 0.6 is 0 Å². The Kier molecular flexibility index (Phi) is 2.58. The molecule has 3 rings (SSSR count). The molecule has 2 atom stereocenters. The van der Waals surface area contributed by atoms with E-state index in [0.717, 1.165) is 29.8 Å². The topological polar surface area (TPSA) is 41.3 Å². The van der Waals surface area contributed by atoms with Crippen molar-refractivity contribution in [2.75, 3.05) is 7.05 Å². The van der Waals surface area contributed by atoms with Crippen molar-refractivity contribution in [2.24, 2.45) is 7.05 Å². The van der Waals surface area contributed by atoms with E-state index in [1.54, 1.807) is 0 Å². The molecule has 0 radical (unpaired) electrons. The normalized spacial score (nSPS) is 36.3. The third-order valence-electron chi connectivity index (χ3n) is 5.11. The van der Waals surface area contributed by atoms with Gasteiger partial charge >= 0.3 is 0 Å². The van der Waals surface area contributed by atoms with Gasteiger partial charge in [-0.05, 0) is 46.6 Å². The molecular formula is C14H23N3O. The van der Waals surface area contributed by atoms with Gasteiger partial charge in [-0.3, -0.25) is 4.68 Å². The minimum atomic E-state index is -0.666. The summed E-state index contributed by atoms with van der Waals surface area (Å²) in [5.74, 6) is 0. The maximum Gasteiger partial charge on any atom is 0.0961 e. The zero-order valence-corrected chi connectivity index (χ0v) is 11.8. The highest BCUT2D eigenvalue weighted by molar-refractivity contribution is 5.32. The van der Waals surface area contributed by atoms with E-state index in [9.17, 15) is 5.11 Å². The Morgan fingerprint density at radius 1 is 1.17 bits per heavy atom. The average molecular weight is 249 g/mol. The van der Waals surface area contributed by atoms with Gasteiger partial charge in [-0.1, -0.05) is 0 Å². The highest BCUT2D eigenvalue weighted by Crippen LogP contribution is 2.46. The fourth-order valence-corrected chi connectivity index (χ4v) is 4.10. The van der Waals surface area contributed by atoms with E-state index in [1.165, 1.54) is 12.8 Å². The molecule has 0 aliphatic carbocycles. The first-order valence-corrected chi connectivity index (χ1v) is 6.87. The van der Waals surface area contributed by atoms with E-state index in [2.05, 4.69) is 24.0 Å². The molecule has 2 aliphatic heterocycles. The van der Waals surface area contributed by atoms with E-state index in [-0.39, 0.29) is 0 Å². The molecule has 2 saturated heterocycles. The Balaban J connectivity index is 2.01. The lowest BCUT2D eigenvalue weighted by Gasteiger charge is -2.42. The van der Waals surface area contributed by atoms with Crippen molar-refractivity contribution in [3.05, 3.63) is 17.0 Å². The van der Waals surface area contributed by atoms with Crippen LogP contribution in [0, 0.1) is 13.8 Å². The molecular weight excluding hydrogens is 226 g/mol. The van der Waals surface area contributed by atoms with E-state index in [4.69, 9.17) is 0 Å². The fraction of sp³-hybridized carbons (Fsp3) is 0.786. The smallest absolute Gasteiger partial charge is 0.0961 e. The summed E-state index contributed by atoms with van der Waals surface area (Å²) in [4.78, 5) is 2.45. The maximum absolute atomic E-state index is 11.1. The predicted octanol–water partition coefficient (Wildman–Crippen LogP) is 1.48. The summed E-state index contributed by atoms with van der Waals surface area (Å²) in [6, 6.07) is 1.07. The number of piperidine rings is 1. The number of nitrogens with zero attached hydrogens (tertiary/aromatic N) is 3. The van der Waals surface area contributed by atoms with Gasteiger partial charge in [0.1, 0.15) is 0 Å². The van der Waals surface area contributed by atoms with Gasteiger partial charge < -0.3 is 10.0 Å². The number of aromatic nitrogens is 2. The van der Waals surface area contributed by atoms with Crippen LogP contribution in [0.25, 0.3) is 0 Å². The highest BCUT2D eigenvalue weighted by Gasteiger charge is 2.48. The quantitative estimate of drug-likeness (QED) is 0.819. The molecule has 0 amide bonds. The third-order valence-corrected chi connectivity index (χ3v) is 5.11. The Morgan fingerprint density at radius 3 is 2.17 bits per heavy atom. The summed E-state index contributed by atoms with van der Waals surface area (Å²) in [6.07, 6.45) is 4.16. The van der Waals surface area contributed by atoms with Gasteiger partial charge in [-0.15, -0.1) is 0 Å². The van der Waals surface area contributed by atoms with E-state index < -0.39 is 5.60 Å². The molecule has 0 aromatic carbocycles. The summed E-state index contributed by atoms with van der Waals surface area (Å²) < 4.78 is 1.89. The first-order chi connectivity index (χ1) is 8.42. The van der Waals surface area contributed by atoms with Crippen LogP contribution < -0.4 is 0 Å².